The summed E-state index contributed by atoms with van der Waals surface area (Å²) < 4.78 is 0. The molecular formula is C28H38FeN4S2+. The van der Waals surface area contributed by atoms with Gasteiger partial charge in [0.15, 0.2) is 0 Å². The zero-order chi connectivity index (χ0) is 25.0. The van der Waals surface area contributed by atoms with Crippen LogP contribution in [0.3, 0.4) is 0 Å². The van der Waals surface area contributed by atoms with Crippen molar-refractivity contribution in [2.24, 2.45) is 20.0 Å². The van der Waals surface area contributed by atoms with Crippen LogP contribution in [0.25, 0.3) is 0 Å². The zero-order valence-corrected chi connectivity index (χ0v) is 24.1. The normalized spacial score (nSPS) is 14.6. The Labute approximate surface area is 234 Å². The molecule has 1 radical (unpaired) electrons. The van der Waals surface area contributed by atoms with Gasteiger partial charge in [0.05, 0.1) is 22.8 Å². The van der Waals surface area contributed by atoms with Gasteiger partial charge in [0.25, 0.3) is 0 Å². The van der Waals surface area contributed by atoms with Gasteiger partial charge in [0.1, 0.15) is 0 Å². The molecule has 1 aliphatic heterocycles. The SMILES string of the molecule is CC1=NCCCN=C(C)C(C)=NCCCN=C1C.[Fe+3].[S-]Cc1ccccc1.[S-]Cc1ccccc1. The summed E-state index contributed by atoms with van der Waals surface area (Å²) in [5, 5.41) is 0. The Morgan fingerprint density at radius 2 is 0.771 bits per heavy atom. The van der Waals surface area contributed by atoms with Crippen LogP contribution < -0.4 is 0 Å². The van der Waals surface area contributed by atoms with Gasteiger partial charge >= 0.3 is 17.1 Å². The van der Waals surface area contributed by atoms with E-state index in [2.05, 4.69) is 20.0 Å². The maximum Gasteiger partial charge on any atom is 3.00 e. The van der Waals surface area contributed by atoms with Gasteiger partial charge < -0.3 is 25.3 Å². The van der Waals surface area contributed by atoms with E-state index >= 15 is 0 Å². The molecule has 0 fully saturated rings. The first kappa shape index (κ1) is 33.3. The number of rotatable bonds is 2. The van der Waals surface area contributed by atoms with Gasteiger partial charge in [-0.1, -0.05) is 71.8 Å². The van der Waals surface area contributed by atoms with Crippen LogP contribution in [0.1, 0.15) is 51.7 Å². The Bertz CT molecular complexity index is 813. The van der Waals surface area contributed by atoms with Crippen LogP contribution >= 0.6 is 0 Å². The summed E-state index contributed by atoms with van der Waals surface area (Å²) in [5.41, 5.74) is 6.64. The second-order valence-corrected chi connectivity index (χ2v) is 8.41. The molecule has 0 saturated heterocycles. The summed E-state index contributed by atoms with van der Waals surface area (Å²) >= 11 is 9.64. The van der Waals surface area contributed by atoms with Gasteiger partial charge in [0.2, 0.25) is 0 Å². The molecule has 2 aromatic carbocycles. The molecule has 0 spiro atoms. The maximum atomic E-state index is 4.82. The number of nitrogens with zero attached hydrogens (tertiary/aromatic N) is 4. The van der Waals surface area contributed by atoms with Crippen LogP contribution in [-0.2, 0) is 53.8 Å². The molecule has 0 saturated carbocycles. The van der Waals surface area contributed by atoms with Crippen molar-refractivity contribution < 1.29 is 17.1 Å². The maximum absolute atomic E-state index is 4.82. The molecular weight excluding hydrogens is 512 g/mol. The Morgan fingerprint density at radius 3 is 0.971 bits per heavy atom. The van der Waals surface area contributed by atoms with Crippen LogP contribution in [0.2, 0.25) is 0 Å². The van der Waals surface area contributed by atoms with E-state index in [-0.39, 0.29) is 17.1 Å². The predicted octanol–water partition coefficient (Wildman–Crippen LogP) is 6.09. The summed E-state index contributed by atoms with van der Waals surface area (Å²) in [5.74, 6) is 1.45. The summed E-state index contributed by atoms with van der Waals surface area (Å²) in [6.45, 7) is 11.4. The predicted molar refractivity (Wildman–Crippen MR) is 156 cm³/mol. The number of aliphatic imine (C=N–C) groups is 4. The van der Waals surface area contributed by atoms with Crippen LogP contribution in [-0.4, -0.2) is 49.0 Å². The average Bonchev–Trinajstić information content (AvgIpc) is 2.89. The van der Waals surface area contributed by atoms with E-state index in [9.17, 15) is 0 Å². The van der Waals surface area contributed by atoms with Crippen molar-refractivity contribution in [1.82, 2.24) is 0 Å². The van der Waals surface area contributed by atoms with E-state index in [1.165, 1.54) is 11.1 Å². The van der Waals surface area contributed by atoms with Crippen molar-refractivity contribution in [1.29, 1.82) is 0 Å². The topological polar surface area (TPSA) is 49.4 Å². The monoisotopic (exact) mass is 550 g/mol. The van der Waals surface area contributed by atoms with Gasteiger partial charge in [-0.3, -0.25) is 20.0 Å². The number of hydrogen-bond donors (Lipinski definition) is 0. The molecule has 0 aromatic heterocycles. The third-order valence-corrected chi connectivity index (χ3v) is 5.76. The zero-order valence-electron chi connectivity index (χ0n) is 21.4. The van der Waals surface area contributed by atoms with Crippen molar-refractivity contribution in [3.63, 3.8) is 0 Å². The van der Waals surface area contributed by atoms with Gasteiger partial charge in [0, 0.05) is 26.2 Å². The van der Waals surface area contributed by atoms with Crippen molar-refractivity contribution in [3.05, 3.63) is 71.8 Å². The first-order valence-electron chi connectivity index (χ1n) is 11.8. The molecule has 1 aliphatic rings. The largest absolute Gasteiger partial charge is 3.00 e. The Balaban J connectivity index is 0.000000561. The minimum Gasteiger partial charge on any atom is -0.788 e. The summed E-state index contributed by atoms with van der Waals surface area (Å²) in [4.78, 5) is 18.1. The van der Waals surface area contributed by atoms with Crippen LogP contribution in [0.5, 0.6) is 0 Å². The molecule has 3 rings (SSSR count). The Morgan fingerprint density at radius 1 is 0.514 bits per heavy atom. The molecule has 189 valence electrons. The summed E-state index contributed by atoms with van der Waals surface area (Å²) in [7, 11) is 0. The van der Waals surface area contributed by atoms with Gasteiger partial charge in [-0.05, 0) is 40.5 Å². The van der Waals surface area contributed by atoms with Crippen molar-refractivity contribution in [3.8, 4) is 0 Å². The molecule has 1 heterocycles. The first-order valence-corrected chi connectivity index (χ1v) is 12.9. The molecule has 0 N–H and O–H groups in total. The van der Waals surface area contributed by atoms with Crippen molar-refractivity contribution in [2.45, 2.75) is 52.0 Å². The van der Waals surface area contributed by atoms with Crippen LogP contribution in [0, 0.1) is 0 Å². The third kappa shape index (κ3) is 16.6. The van der Waals surface area contributed by atoms with Gasteiger partial charge in [-0.15, -0.1) is 0 Å². The second-order valence-electron chi connectivity index (χ2n) is 7.84. The van der Waals surface area contributed by atoms with Crippen LogP contribution in [0.4, 0.5) is 0 Å². The van der Waals surface area contributed by atoms with E-state index in [0.717, 1.165) is 73.4 Å². The fourth-order valence-electron chi connectivity index (χ4n) is 2.73. The summed E-state index contributed by atoms with van der Waals surface area (Å²) in [6, 6.07) is 20.1. The molecule has 2 aromatic rings. The summed E-state index contributed by atoms with van der Waals surface area (Å²) in [6.07, 6.45) is 1.96. The standard InChI is InChI=1S/C14H24N4.2C7H8S.Fe/c1-11-12(2)16-8-6-10-18-14(4)13(3)17-9-5-7-15-11;2*8-6-7-4-2-1-3-5-7;/h5-10H2,1-4H3;2*1-5,8H,6H2;/q;;;+3/p-2. The first-order chi connectivity index (χ1) is 16.5. The number of benzene rings is 2. The van der Waals surface area contributed by atoms with Gasteiger partial charge in [-0.2, -0.15) is 11.5 Å². The third-order valence-electron chi connectivity index (χ3n) is 5.09. The smallest absolute Gasteiger partial charge is 0.788 e. The van der Waals surface area contributed by atoms with Crippen molar-refractivity contribution >= 4 is 48.1 Å². The molecule has 0 aliphatic carbocycles. The van der Waals surface area contributed by atoms with E-state index in [1.54, 1.807) is 0 Å². The van der Waals surface area contributed by atoms with E-state index in [1.807, 2.05) is 88.4 Å². The van der Waals surface area contributed by atoms with Crippen molar-refractivity contribution in [2.75, 3.05) is 26.2 Å². The minimum absolute atomic E-state index is 0. The second kappa shape index (κ2) is 21.6. The molecule has 0 bridgehead atoms. The fraction of sp³-hybridized carbons (Fsp3) is 0.429. The minimum atomic E-state index is 0. The quantitative estimate of drug-likeness (QED) is 0.336. The van der Waals surface area contributed by atoms with E-state index < -0.39 is 0 Å². The average molecular weight is 551 g/mol. The van der Waals surface area contributed by atoms with E-state index in [4.69, 9.17) is 25.3 Å². The molecule has 7 heteroatoms. The van der Waals surface area contributed by atoms with Crippen LogP contribution in [0.15, 0.2) is 80.6 Å². The fourth-order valence-corrected chi connectivity index (χ4v) is 3.12. The number of hydrogen-bond acceptors (Lipinski definition) is 6. The molecule has 0 amide bonds. The van der Waals surface area contributed by atoms with E-state index in [0.29, 0.717) is 0 Å². The Hall–Kier alpha value is -1.66. The molecule has 4 nitrogen and oxygen atoms in total. The van der Waals surface area contributed by atoms with Gasteiger partial charge in [-0.25, -0.2) is 0 Å². The molecule has 0 atom stereocenters. The molecule has 35 heavy (non-hydrogen) atoms. The Kier molecular flexibility index (Phi) is 20.6. The molecule has 0 unspecified atom stereocenters.